The largest absolute Gasteiger partial charge is 0.377 e. The van der Waals surface area contributed by atoms with Crippen LogP contribution in [0.3, 0.4) is 0 Å². The monoisotopic (exact) mass is 264 g/mol. The Morgan fingerprint density at radius 3 is 2.53 bits per heavy atom. The van der Waals surface area contributed by atoms with Gasteiger partial charge in [-0.2, -0.15) is 0 Å². The van der Waals surface area contributed by atoms with Crippen LogP contribution in [0.5, 0.6) is 0 Å². The third kappa shape index (κ3) is 6.86. The van der Waals surface area contributed by atoms with Gasteiger partial charge in [-0.3, -0.25) is 4.79 Å². The van der Waals surface area contributed by atoms with Crippen molar-refractivity contribution in [3.8, 4) is 0 Å². The lowest BCUT2D eigenvalue weighted by Gasteiger charge is -2.25. The molecular formula is C12H25ClN2O2. The van der Waals surface area contributed by atoms with Crippen molar-refractivity contribution in [3.05, 3.63) is 0 Å². The topological polar surface area (TPSA) is 50.4 Å². The van der Waals surface area contributed by atoms with Gasteiger partial charge in [0, 0.05) is 20.1 Å². The first-order valence-corrected chi connectivity index (χ1v) is 6.06. The molecule has 0 aromatic heterocycles. The van der Waals surface area contributed by atoms with Gasteiger partial charge in [-0.15, -0.1) is 12.4 Å². The van der Waals surface area contributed by atoms with Gasteiger partial charge in [-0.25, -0.2) is 0 Å². The fourth-order valence-corrected chi connectivity index (χ4v) is 1.80. The maximum absolute atomic E-state index is 11.7. The van der Waals surface area contributed by atoms with E-state index in [1.54, 1.807) is 7.11 Å². The molecule has 0 radical (unpaired) electrons. The first-order chi connectivity index (χ1) is 7.53. The second kappa shape index (κ2) is 7.90. The normalized spacial score (nSPS) is 17.4. The molecule has 17 heavy (non-hydrogen) atoms. The maximum Gasteiger partial charge on any atom is 0.220 e. The van der Waals surface area contributed by atoms with E-state index in [9.17, 15) is 4.79 Å². The smallest absolute Gasteiger partial charge is 0.220 e. The number of methoxy groups -OCH3 is 1. The van der Waals surface area contributed by atoms with E-state index in [0.717, 1.165) is 25.9 Å². The minimum atomic E-state index is -0.274. The summed E-state index contributed by atoms with van der Waals surface area (Å²) < 4.78 is 5.25. The summed E-state index contributed by atoms with van der Waals surface area (Å²) in [5.74, 6) is 0.698. The predicted octanol–water partition coefficient (Wildman–Crippen LogP) is 1.34. The first-order valence-electron chi connectivity index (χ1n) is 6.06. The molecule has 0 atom stereocenters. The third-order valence-electron chi connectivity index (χ3n) is 3.20. The molecule has 0 unspecified atom stereocenters. The van der Waals surface area contributed by atoms with Crippen molar-refractivity contribution in [2.75, 3.05) is 26.7 Å². The van der Waals surface area contributed by atoms with Crippen molar-refractivity contribution in [2.45, 2.75) is 38.7 Å². The van der Waals surface area contributed by atoms with Gasteiger partial charge in [-0.05, 0) is 45.7 Å². The van der Waals surface area contributed by atoms with E-state index in [-0.39, 0.29) is 23.9 Å². The molecule has 0 aliphatic carbocycles. The van der Waals surface area contributed by atoms with Crippen molar-refractivity contribution in [3.63, 3.8) is 0 Å². The number of rotatable bonds is 5. The number of nitrogens with one attached hydrogen (secondary N) is 2. The van der Waals surface area contributed by atoms with E-state index in [4.69, 9.17) is 4.74 Å². The lowest BCUT2D eigenvalue weighted by Crippen LogP contribution is -2.40. The van der Waals surface area contributed by atoms with E-state index in [2.05, 4.69) is 10.6 Å². The molecule has 1 aliphatic heterocycles. The Kier molecular flexibility index (Phi) is 7.75. The quantitative estimate of drug-likeness (QED) is 0.788. The lowest BCUT2D eigenvalue weighted by molar-refractivity contribution is -0.123. The van der Waals surface area contributed by atoms with Crippen LogP contribution in [0.25, 0.3) is 0 Å². The molecule has 2 N–H and O–H groups in total. The Labute approximate surface area is 110 Å². The number of hydrogen-bond acceptors (Lipinski definition) is 3. The summed E-state index contributed by atoms with van der Waals surface area (Å²) in [5.41, 5.74) is -0.274. The molecular weight excluding hydrogens is 240 g/mol. The molecule has 102 valence electrons. The van der Waals surface area contributed by atoms with Gasteiger partial charge in [0.2, 0.25) is 5.91 Å². The second-order valence-electron chi connectivity index (χ2n) is 5.14. The lowest BCUT2D eigenvalue weighted by atomic mass is 9.94. The number of hydrogen-bond donors (Lipinski definition) is 2. The molecule has 1 aliphatic rings. The molecule has 1 rings (SSSR count). The third-order valence-corrected chi connectivity index (χ3v) is 3.20. The van der Waals surface area contributed by atoms with Crippen LogP contribution in [0.2, 0.25) is 0 Å². The highest BCUT2D eigenvalue weighted by Gasteiger charge is 2.20. The number of piperidine rings is 1. The fraction of sp³-hybridized carbons (Fsp3) is 0.917. The van der Waals surface area contributed by atoms with E-state index in [1.165, 1.54) is 0 Å². The van der Waals surface area contributed by atoms with Gasteiger partial charge < -0.3 is 15.4 Å². The summed E-state index contributed by atoms with van der Waals surface area (Å²) in [5, 5.41) is 6.24. The zero-order chi connectivity index (χ0) is 12.0. The van der Waals surface area contributed by atoms with Crippen molar-refractivity contribution in [1.82, 2.24) is 10.6 Å². The average Bonchev–Trinajstić information content (AvgIpc) is 2.28. The molecule has 0 aromatic rings. The van der Waals surface area contributed by atoms with Gasteiger partial charge in [0.1, 0.15) is 0 Å². The van der Waals surface area contributed by atoms with Gasteiger partial charge in [0.15, 0.2) is 0 Å². The number of carbonyl (C=O) groups is 1. The van der Waals surface area contributed by atoms with Crippen LogP contribution in [0.4, 0.5) is 0 Å². The second-order valence-corrected chi connectivity index (χ2v) is 5.14. The summed E-state index contributed by atoms with van der Waals surface area (Å²) in [6, 6.07) is 0. The Bertz CT molecular complexity index is 229. The first kappa shape index (κ1) is 16.7. The summed E-state index contributed by atoms with van der Waals surface area (Å²) in [6.07, 6.45) is 2.88. The summed E-state index contributed by atoms with van der Waals surface area (Å²) in [4.78, 5) is 11.7. The van der Waals surface area contributed by atoms with E-state index >= 15 is 0 Å². The van der Waals surface area contributed by atoms with Crippen molar-refractivity contribution in [1.29, 1.82) is 0 Å². The maximum atomic E-state index is 11.7. The van der Waals surface area contributed by atoms with Crippen LogP contribution < -0.4 is 10.6 Å². The van der Waals surface area contributed by atoms with Crippen LogP contribution in [-0.4, -0.2) is 38.3 Å². The minimum absolute atomic E-state index is 0. The van der Waals surface area contributed by atoms with Crippen LogP contribution in [0.1, 0.15) is 33.1 Å². The van der Waals surface area contributed by atoms with E-state index < -0.39 is 0 Å². The summed E-state index contributed by atoms with van der Waals surface area (Å²) in [6.45, 7) is 6.60. The zero-order valence-corrected chi connectivity index (χ0v) is 11.9. The molecule has 5 heteroatoms. The fourth-order valence-electron chi connectivity index (χ4n) is 1.80. The number of amides is 1. The summed E-state index contributed by atoms with van der Waals surface area (Å²) in [7, 11) is 1.67. The molecule has 4 nitrogen and oxygen atoms in total. The van der Waals surface area contributed by atoms with Crippen LogP contribution >= 0.6 is 12.4 Å². The molecule has 1 heterocycles. The molecule has 1 amide bonds. The Balaban J connectivity index is 0.00000256. The standard InChI is InChI=1S/C12H24N2O2.ClH/c1-12(2,16-3)9-14-11(15)8-10-4-6-13-7-5-10;/h10,13H,4-9H2,1-3H3,(H,14,15);1H. The van der Waals surface area contributed by atoms with E-state index in [0.29, 0.717) is 18.9 Å². The molecule has 0 bridgehead atoms. The highest BCUT2D eigenvalue weighted by molar-refractivity contribution is 5.85. The summed E-state index contributed by atoms with van der Waals surface area (Å²) >= 11 is 0. The van der Waals surface area contributed by atoms with Crippen molar-refractivity contribution >= 4 is 18.3 Å². The van der Waals surface area contributed by atoms with Gasteiger partial charge in [0.25, 0.3) is 0 Å². The van der Waals surface area contributed by atoms with E-state index in [1.807, 2.05) is 13.8 Å². The van der Waals surface area contributed by atoms with Crippen molar-refractivity contribution in [2.24, 2.45) is 5.92 Å². The predicted molar refractivity (Wildman–Crippen MR) is 71.6 cm³/mol. The molecule has 0 saturated carbocycles. The SMILES string of the molecule is COC(C)(C)CNC(=O)CC1CCNCC1.Cl. The van der Waals surface area contributed by atoms with Gasteiger partial charge >= 0.3 is 0 Å². The molecule has 0 aromatic carbocycles. The van der Waals surface area contributed by atoms with Crippen LogP contribution in [-0.2, 0) is 9.53 Å². The Hall–Kier alpha value is -0.320. The van der Waals surface area contributed by atoms with Gasteiger partial charge in [0.05, 0.1) is 5.60 Å². The minimum Gasteiger partial charge on any atom is -0.377 e. The Morgan fingerprint density at radius 1 is 1.41 bits per heavy atom. The highest BCUT2D eigenvalue weighted by atomic mass is 35.5. The number of carbonyl (C=O) groups excluding carboxylic acids is 1. The number of halogens is 1. The average molecular weight is 265 g/mol. The number of ether oxygens (including phenoxy) is 1. The highest BCUT2D eigenvalue weighted by Crippen LogP contribution is 2.15. The van der Waals surface area contributed by atoms with Crippen molar-refractivity contribution < 1.29 is 9.53 Å². The van der Waals surface area contributed by atoms with Gasteiger partial charge in [-0.1, -0.05) is 0 Å². The zero-order valence-electron chi connectivity index (χ0n) is 11.0. The van der Waals surface area contributed by atoms with Crippen LogP contribution in [0, 0.1) is 5.92 Å². The molecule has 1 saturated heterocycles. The molecule has 1 fully saturated rings. The van der Waals surface area contributed by atoms with Crippen LogP contribution in [0.15, 0.2) is 0 Å². The molecule has 0 spiro atoms. The Morgan fingerprint density at radius 2 is 2.00 bits per heavy atom.